The largest absolute Gasteiger partial charge is 0.463 e. The van der Waals surface area contributed by atoms with E-state index in [1.54, 1.807) is 6.92 Å². The van der Waals surface area contributed by atoms with E-state index in [2.05, 4.69) is 25.3 Å². The molecule has 2 amide bonds. The second-order valence-corrected chi connectivity index (χ2v) is 9.65. The Morgan fingerprint density at radius 3 is 2.62 bits per heavy atom. The Labute approximate surface area is 202 Å². The van der Waals surface area contributed by atoms with E-state index in [0.717, 1.165) is 12.8 Å². The van der Waals surface area contributed by atoms with Gasteiger partial charge in [0.05, 0.1) is 29.3 Å². The number of imidazole rings is 1. The number of esters is 1. The van der Waals surface area contributed by atoms with Gasteiger partial charge in [0.15, 0.2) is 5.15 Å². The van der Waals surface area contributed by atoms with E-state index < -0.39 is 28.1 Å². The molecular weight excluding hydrogens is 484 g/mol. The number of nitrogen functional groups attached to an aromatic ring is 1. The number of benzene rings is 1. The van der Waals surface area contributed by atoms with Crippen LogP contribution in [0.15, 0.2) is 40.4 Å². The van der Waals surface area contributed by atoms with Crippen LogP contribution < -0.4 is 21.1 Å². The number of nitrogens with one attached hydrogen (secondary N) is 4. The molecule has 6 N–H and O–H groups in total. The van der Waals surface area contributed by atoms with Crippen LogP contribution in [-0.2, 0) is 26.0 Å². The van der Waals surface area contributed by atoms with Gasteiger partial charge in [0.25, 0.3) is 0 Å². The molecule has 13 heteroatoms. The number of hydrogen-bond donors (Lipinski definition) is 5. The van der Waals surface area contributed by atoms with Crippen LogP contribution in [0.3, 0.4) is 0 Å². The molecule has 11 nitrogen and oxygen atoms in total. The molecule has 34 heavy (non-hydrogen) atoms. The number of halogens is 1. The molecule has 3 rings (SSSR count). The monoisotopic (exact) mass is 510 g/mol. The van der Waals surface area contributed by atoms with Gasteiger partial charge in [-0.2, -0.15) is 0 Å². The number of carbonyl (C=O) groups excluding carboxylic acids is 2. The van der Waals surface area contributed by atoms with Gasteiger partial charge in [-0.05, 0) is 37.6 Å². The van der Waals surface area contributed by atoms with E-state index in [4.69, 9.17) is 22.1 Å². The van der Waals surface area contributed by atoms with Gasteiger partial charge in [-0.25, -0.2) is 27.7 Å². The number of hydrogen-bond acceptors (Lipinski definition) is 7. The standard InChI is InChI=1S/C21H27ClN6O5S/c1-3-5-6-15-26-18(19(22)27-15)17-16(20(29)33-4-2)14(25-21(30)28-17)11-24-34(31,32)13-9-7-12(23)8-10-13/h7-10,17,24H,3-6,11,23H2,1-2H3,(H,26,27)(H2,25,28,30). The van der Waals surface area contributed by atoms with Crippen molar-refractivity contribution in [2.75, 3.05) is 18.9 Å². The zero-order valence-electron chi connectivity index (χ0n) is 18.8. The predicted molar refractivity (Wildman–Crippen MR) is 126 cm³/mol. The maximum Gasteiger partial charge on any atom is 0.338 e. The summed E-state index contributed by atoms with van der Waals surface area (Å²) in [6.07, 6.45) is 2.46. The zero-order valence-corrected chi connectivity index (χ0v) is 20.3. The van der Waals surface area contributed by atoms with Gasteiger partial charge in [0, 0.05) is 17.8 Å². The molecule has 1 aliphatic rings. The minimum absolute atomic E-state index is 0.00838. The van der Waals surface area contributed by atoms with Gasteiger partial charge in [0.2, 0.25) is 10.0 Å². The second-order valence-electron chi connectivity index (χ2n) is 7.53. The minimum atomic E-state index is -3.96. The molecule has 1 aromatic heterocycles. The van der Waals surface area contributed by atoms with Crippen LogP contribution >= 0.6 is 11.6 Å². The summed E-state index contributed by atoms with van der Waals surface area (Å²) in [5.74, 6) is -0.120. The van der Waals surface area contributed by atoms with Gasteiger partial charge >= 0.3 is 12.0 Å². The van der Waals surface area contributed by atoms with E-state index in [0.29, 0.717) is 23.6 Å². The predicted octanol–water partition coefficient (Wildman–Crippen LogP) is 2.14. The fourth-order valence-electron chi connectivity index (χ4n) is 3.39. The lowest BCUT2D eigenvalue weighted by Crippen LogP contribution is -2.48. The minimum Gasteiger partial charge on any atom is -0.463 e. The highest BCUT2D eigenvalue weighted by atomic mass is 35.5. The molecule has 1 aliphatic heterocycles. The number of carbonyl (C=O) groups is 2. The molecule has 1 unspecified atom stereocenters. The Balaban J connectivity index is 1.97. The van der Waals surface area contributed by atoms with Crippen LogP contribution in [0.5, 0.6) is 0 Å². The fraction of sp³-hybridized carbons (Fsp3) is 0.381. The quantitative estimate of drug-likeness (QED) is 0.241. The Morgan fingerprint density at radius 1 is 1.26 bits per heavy atom. The maximum absolute atomic E-state index is 12.9. The molecule has 1 aromatic carbocycles. The van der Waals surface area contributed by atoms with E-state index >= 15 is 0 Å². The number of aryl methyl sites for hydroxylation is 1. The van der Waals surface area contributed by atoms with Crippen molar-refractivity contribution in [3.8, 4) is 0 Å². The van der Waals surface area contributed by atoms with Crippen LogP contribution in [0.2, 0.25) is 5.15 Å². The number of aromatic nitrogens is 2. The highest BCUT2D eigenvalue weighted by molar-refractivity contribution is 7.89. The van der Waals surface area contributed by atoms with Crippen LogP contribution in [0.4, 0.5) is 10.5 Å². The van der Waals surface area contributed by atoms with Crippen molar-refractivity contribution in [1.82, 2.24) is 25.3 Å². The van der Waals surface area contributed by atoms with Crippen molar-refractivity contribution < 1.29 is 22.7 Å². The molecule has 0 bridgehead atoms. The van der Waals surface area contributed by atoms with Crippen molar-refractivity contribution in [2.45, 2.75) is 44.0 Å². The third-order valence-corrected chi connectivity index (χ3v) is 6.77. The summed E-state index contributed by atoms with van der Waals surface area (Å²) in [6.45, 7) is 3.38. The van der Waals surface area contributed by atoms with Gasteiger partial charge in [0.1, 0.15) is 11.9 Å². The average molecular weight is 511 g/mol. The number of unbranched alkanes of at least 4 members (excludes halogenated alkanes) is 1. The summed E-state index contributed by atoms with van der Waals surface area (Å²) in [6, 6.07) is 3.96. The van der Waals surface area contributed by atoms with E-state index in [-0.39, 0.29) is 34.5 Å². The van der Waals surface area contributed by atoms with Gasteiger partial charge < -0.3 is 26.1 Å². The van der Waals surface area contributed by atoms with Crippen LogP contribution in [-0.4, -0.2) is 43.5 Å². The fourth-order valence-corrected chi connectivity index (χ4v) is 4.64. The summed E-state index contributed by atoms with van der Waals surface area (Å²) < 4.78 is 33.0. The molecule has 184 valence electrons. The number of sulfonamides is 1. The Kier molecular flexibility index (Phi) is 8.18. The average Bonchev–Trinajstić information content (AvgIpc) is 3.16. The first-order chi connectivity index (χ1) is 16.2. The van der Waals surface area contributed by atoms with Crippen molar-refractivity contribution in [1.29, 1.82) is 0 Å². The highest BCUT2D eigenvalue weighted by Crippen LogP contribution is 2.31. The number of nitrogens with two attached hydrogens (primary N) is 1. The molecule has 0 aliphatic carbocycles. The third-order valence-electron chi connectivity index (χ3n) is 5.07. The number of anilines is 1. The van der Waals surface area contributed by atoms with Crippen molar-refractivity contribution in [2.24, 2.45) is 0 Å². The molecule has 0 saturated heterocycles. The summed E-state index contributed by atoms with van der Waals surface area (Å²) in [5, 5.41) is 5.24. The zero-order chi connectivity index (χ0) is 24.9. The number of rotatable bonds is 10. The molecule has 1 atom stereocenters. The molecule has 2 aromatic rings. The number of H-pyrrole nitrogens is 1. The number of ether oxygens (including phenoxy) is 1. The highest BCUT2D eigenvalue weighted by Gasteiger charge is 2.36. The smallest absolute Gasteiger partial charge is 0.338 e. The third kappa shape index (κ3) is 5.88. The number of aromatic amines is 1. The number of amides is 2. The molecule has 0 radical (unpaired) electrons. The van der Waals surface area contributed by atoms with Gasteiger partial charge in [-0.3, -0.25) is 0 Å². The molecule has 0 spiro atoms. The molecule has 0 saturated carbocycles. The summed E-state index contributed by atoms with van der Waals surface area (Å²) in [4.78, 5) is 32.7. The Hall–Kier alpha value is -3.09. The summed E-state index contributed by atoms with van der Waals surface area (Å²) in [7, 11) is -3.96. The van der Waals surface area contributed by atoms with Gasteiger partial charge in [-0.15, -0.1) is 0 Å². The lowest BCUT2D eigenvalue weighted by molar-refractivity contribution is -0.139. The first-order valence-corrected chi connectivity index (χ1v) is 12.6. The molecular formula is C21H27ClN6O5S. The van der Waals surface area contributed by atoms with Gasteiger partial charge in [-0.1, -0.05) is 24.9 Å². The number of nitrogens with zero attached hydrogens (tertiary/aromatic N) is 1. The van der Waals surface area contributed by atoms with Crippen molar-refractivity contribution in [3.05, 3.63) is 52.2 Å². The summed E-state index contributed by atoms with van der Waals surface area (Å²) >= 11 is 6.33. The Morgan fingerprint density at radius 2 is 1.97 bits per heavy atom. The molecule has 2 heterocycles. The van der Waals surface area contributed by atoms with E-state index in [9.17, 15) is 18.0 Å². The number of urea groups is 1. The topological polar surface area (TPSA) is 168 Å². The maximum atomic E-state index is 12.9. The van der Waals surface area contributed by atoms with Crippen molar-refractivity contribution in [3.63, 3.8) is 0 Å². The van der Waals surface area contributed by atoms with Crippen molar-refractivity contribution >= 4 is 39.3 Å². The Bertz CT molecular complexity index is 1190. The first kappa shape index (κ1) is 25.5. The van der Waals surface area contributed by atoms with E-state index in [1.807, 2.05) is 6.92 Å². The summed E-state index contributed by atoms with van der Waals surface area (Å²) in [5.41, 5.74) is 6.38. The van der Waals surface area contributed by atoms with Crippen LogP contribution in [0, 0.1) is 0 Å². The van der Waals surface area contributed by atoms with E-state index in [1.165, 1.54) is 24.3 Å². The molecule has 0 fully saturated rings. The van der Waals surface area contributed by atoms with Crippen LogP contribution in [0.1, 0.15) is 44.2 Å². The normalized spacial score (nSPS) is 16.2. The first-order valence-electron chi connectivity index (χ1n) is 10.7. The SMILES string of the molecule is CCCCc1nc(Cl)c(C2NC(=O)NC(CNS(=O)(=O)c3ccc(N)cc3)=C2C(=O)OCC)[nH]1. The lowest BCUT2D eigenvalue weighted by atomic mass is 10.00. The van der Waals surface area contributed by atoms with Crippen LogP contribution in [0.25, 0.3) is 0 Å². The lowest BCUT2D eigenvalue weighted by Gasteiger charge is -2.28. The second kappa shape index (κ2) is 10.9.